The van der Waals surface area contributed by atoms with Gasteiger partial charge in [0.1, 0.15) is 16.7 Å². The zero-order valence-electron chi connectivity index (χ0n) is 10.5. The molecule has 0 fully saturated rings. The van der Waals surface area contributed by atoms with E-state index in [0.29, 0.717) is 5.01 Å². The Balaban J connectivity index is 2.09. The normalized spacial score (nSPS) is 11.8. The Labute approximate surface area is 126 Å². The number of thiazole rings is 1. The summed E-state index contributed by atoms with van der Waals surface area (Å²) in [6.07, 6.45) is -0.691. The van der Waals surface area contributed by atoms with Gasteiger partial charge in [-0.25, -0.2) is 9.78 Å². The number of carbonyl (C=O) groups is 3. The molecule has 0 saturated heterocycles. The van der Waals surface area contributed by atoms with Crippen molar-refractivity contribution in [2.24, 2.45) is 0 Å². The van der Waals surface area contributed by atoms with E-state index in [-0.39, 0.29) is 5.69 Å². The second-order valence-corrected chi connectivity index (χ2v) is 5.78. The van der Waals surface area contributed by atoms with Crippen LogP contribution >= 0.6 is 22.7 Å². The average molecular weight is 326 g/mol. The molecule has 2 aromatic rings. The van der Waals surface area contributed by atoms with Gasteiger partial charge in [-0.15, -0.1) is 22.7 Å². The summed E-state index contributed by atoms with van der Waals surface area (Å²) in [7, 11) is 0. The van der Waals surface area contributed by atoms with Crippen LogP contribution in [0.5, 0.6) is 0 Å². The molecule has 2 aromatic heterocycles. The van der Waals surface area contributed by atoms with Gasteiger partial charge in [-0.1, -0.05) is 6.07 Å². The van der Waals surface area contributed by atoms with Crippen LogP contribution in [-0.2, 0) is 9.59 Å². The number of aliphatic carboxylic acids is 2. The Morgan fingerprint density at radius 1 is 1.29 bits per heavy atom. The summed E-state index contributed by atoms with van der Waals surface area (Å²) in [4.78, 5) is 38.4. The van der Waals surface area contributed by atoms with Crippen LogP contribution < -0.4 is 5.32 Å². The van der Waals surface area contributed by atoms with Gasteiger partial charge in [-0.3, -0.25) is 9.59 Å². The number of nitrogens with one attached hydrogen (secondary N) is 1. The highest BCUT2D eigenvalue weighted by Gasteiger charge is 2.24. The van der Waals surface area contributed by atoms with Gasteiger partial charge in [-0.2, -0.15) is 0 Å². The lowest BCUT2D eigenvalue weighted by atomic mass is 10.2. The van der Waals surface area contributed by atoms with Gasteiger partial charge < -0.3 is 15.5 Å². The summed E-state index contributed by atoms with van der Waals surface area (Å²) >= 11 is 2.73. The molecular formula is C12H10N2O5S2. The number of nitrogens with zero attached hydrogens (tertiary/aromatic N) is 1. The first kappa shape index (κ1) is 15.1. The average Bonchev–Trinajstić information content (AvgIpc) is 3.08. The Kier molecular flexibility index (Phi) is 4.66. The lowest BCUT2D eigenvalue weighted by Crippen LogP contribution is -2.42. The number of carboxylic acids is 2. The van der Waals surface area contributed by atoms with Crippen LogP contribution in [0.4, 0.5) is 0 Å². The van der Waals surface area contributed by atoms with Gasteiger partial charge in [0.25, 0.3) is 5.91 Å². The minimum atomic E-state index is -1.48. The molecule has 0 radical (unpaired) electrons. The van der Waals surface area contributed by atoms with Crippen molar-refractivity contribution in [1.29, 1.82) is 0 Å². The largest absolute Gasteiger partial charge is 0.481 e. The predicted molar refractivity (Wildman–Crippen MR) is 76.6 cm³/mol. The third-order valence-corrected chi connectivity index (χ3v) is 4.33. The molecule has 2 heterocycles. The summed E-state index contributed by atoms with van der Waals surface area (Å²) in [6, 6.07) is 2.23. The molecule has 0 bridgehead atoms. The Morgan fingerprint density at radius 2 is 2.05 bits per heavy atom. The molecule has 110 valence electrons. The van der Waals surface area contributed by atoms with E-state index in [2.05, 4.69) is 10.3 Å². The maximum absolute atomic E-state index is 11.9. The highest BCUT2D eigenvalue weighted by atomic mass is 32.1. The van der Waals surface area contributed by atoms with Gasteiger partial charge in [0.2, 0.25) is 0 Å². The molecule has 0 aromatic carbocycles. The van der Waals surface area contributed by atoms with Gasteiger partial charge in [0.15, 0.2) is 0 Å². The molecule has 21 heavy (non-hydrogen) atoms. The molecule has 7 nitrogen and oxygen atoms in total. The fraction of sp³-hybridized carbons (Fsp3) is 0.167. The SMILES string of the molecule is O=C(O)C[C@@H](NC(=O)c1csc(-c2cccs2)n1)C(=O)O. The summed E-state index contributed by atoms with van der Waals surface area (Å²) in [5.41, 5.74) is 0.0695. The first-order chi connectivity index (χ1) is 9.97. The number of thiophene rings is 1. The number of hydrogen-bond donors (Lipinski definition) is 3. The van der Waals surface area contributed by atoms with Gasteiger partial charge >= 0.3 is 11.9 Å². The summed E-state index contributed by atoms with van der Waals surface area (Å²) in [5.74, 6) is -3.41. The van der Waals surface area contributed by atoms with E-state index < -0.39 is 30.3 Å². The predicted octanol–water partition coefficient (Wildman–Crippen LogP) is 1.53. The smallest absolute Gasteiger partial charge is 0.326 e. The third-order valence-electron chi connectivity index (χ3n) is 2.45. The number of rotatable bonds is 6. The molecule has 0 unspecified atom stereocenters. The second-order valence-electron chi connectivity index (χ2n) is 3.98. The number of carboxylic acid groups (broad SMARTS) is 2. The van der Waals surface area contributed by atoms with E-state index in [4.69, 9.17) is 10.2 Å². The van der Waals surface area contributed by atoms with Crippen LogP contribution in [0.3, 0.4) is 0 Å². The van der Waals surface area contributed by atoms with E-state index in [1.54, 1.807) is 0 Å². The van der Waals surface area contributed by atoms with E-state index in [1.165, 1.54) is 28.1 Å². The molecule has 0 aliphatic carbocycles. The Hall–Kier alpha value is -2.26. The molecule has 9 heteroatoms. The molecule has 3 N–H and O–H groups in total. The number of carbonyl (C=O) groups excluding carboxylic acids is 1. The maximum Gasteiger partial charge on any atom is 0.326 e. The summed E-state index contributed by atoms with van der Waals surface area (Å²) in [5, 5.41) is 23.7. The van der Waals surface area contributed by atoms with Gasteiger partial charge in [-0.05, 0) is 11.4 Å². The fourth-order valence-corrected chi connectivity index (χ4v) is 3.11. The number of amides is 1. The summed E-state index contributed by atoms with van der Waals surface area (Å²) < 4.78 is 0. The molecule has 0 aliphatic heterocycles. The van der Waals surface area contributed by atoms with Crippen molar-refractivity contribution in [3.63, 3.8) is 0 Å². The molecule has 1 amide bonds. The zero-order valence-corrected chi connectivity index (χ0v) is 12.1. The van der Waals surface area contributed by atoms with Crippen LogP contribution in [0.25, 0.3) is 9.88 Å². The standard InChI is InChI=1S/C12H10N2O5S2/c15-9(16)4-6(12(18)19)13-10(17)7-5-21-11(14-7)8-2-1-3-20-8/h1-3,5-6H,4H2,(H,13,17)(H,15,16)(H,18,19)/t6-/m1/s1. The number of aromatic nitrogens is 1. The van der Waals surface area contributed by atoms with Gasteiger partial charge in [0, 0.05) is 5.38 Å². The van der Waals surface area contributed by atoms with Crippen molar-refractivity contribution in [3.05, 3.63) is 28.6 Å². The van der Waals surface area contributed by atoms with E-state index in [0.717, 1.165) is 4.88 Å². The molecular weight excluding hydrogens is 316 g/mol. The van der Waals surface area contributed by atoms with Crippen LogP contribution in [-0.4, -0.2) is 39.1 Å². The second kappa shape index (κ2) is 6.46. The zero-order chi connectivity index (χ0) is 15.4. The molecule has 1 atom stereocenters. The molecule has 0 saturated carbocycles. The van der Waals surface area contributed by atoms with Crippen LogP contribution in [0, 0.1) is 0 Å². The lowest BCUT2D eigenvalue weighted by Gasteiger charge is -2.10. The van der Waals surface area contributed by atoms with Gasteiger partial charge in [0.05, 0.1) is 11.3 Å². The fourth-order valence-electron chi connectivity index (χ4n) is 1.50. The third kappa shape index (κ3) is 3.86. The summed E-state index contributed by atoms with van der Waals surface area (Å²) in [6.45, 7) is 0. The molecule has 0 spiro atoms. The quantitative estimate of drug-likeness (QED) is 0.741. The van der Waals surface area contributed by atoms with Crippen molar-refractivity contribution < 1.29 is 24.6 Å². The van der Waals surface area contributed by atoms with Crippen LogP contribution in [0.1, 0.15) is 16.9 Å². The van der Waals surface area contributed by atoms with E-state index in [1.807, 2.05) is 17.5 Å². The first-order valence-electron chi connectivity index (χ1n) is 5.72. The molecule has 0 aliphatic rings. The van der Waals surface area contributed by atoms with Crippen LogP contribution in [0.2, 0.25) is 0 Å². The highest BCUT2D eigenvalue weighted by molar-refractivity contribution is 7.20. The molecule has 2 rings (SSSR count). The van der Waals surface area contributed by atoms with Crippen molar-refractivity contribution in [1.82, 2.24) is 10.3 Å². The first-order valence-corrected chi connectivity index (χ1v) is 7.48. The van der Waals surface area contributed by atoms with Crippen molar-refractivity contribution in [2.75, 3.05) is 0 Å². The Bertz CT molecular complexity index is 665. The minimum absolute atomic E-state index is 0.0695. The Morgan fingerprint density at radius 3 is 2.62 bits per heavy atom. The monoisotopic (exact) mass is 326 g/mol. The van der Waals surface area contributed by atoms with E-state index in [9.17, 15) is 14.4 Å². The van der Waals surface area contributed by atoms with Crippen LogP contribution in [0.15, 0.2) is 22.9 Å². The topological polar surface area (TPSA) is 117 Å². The number of hydrogen-bond acceptors (Lipinski definition) is 6. The van der Waals surface area contributed by atoms with E-state index >= 15 is 0 Å². The maximum atomic E-state index is 11.9. The highest BCUT2D eigenvalue weighted by Crippen LogP contribution is 2.27. The van der Waals surface area contributed by atoms with Crippen molar-refractivity contribution in [2.45, 2.75) is 12.5 Å². The lowest BCUT2D eigenvalue weighted by molar-refractivity contribution is -0.145. The van der Waals surface area contributed by atoms with Crippen molar-refractivity contribution in [3.8, 4) is 9.88 Å². The minimum Gasteiger partial charge on any atom is -0.481 e. The van der Waals surface area contributed by atoms with Crippen molar-refractivity contribution >= 4 is 40.5 Å².